The number of anilines is 3. The summed E-state index contributed by atoms with van der Waals surface area (Å²) in [6, 6.07) is 7.65. The molecule has 1 aliphatic carbocycles. The zero-order valence-corrected chi connectivity index (χ0v) is 18.9. The monoisotopic (exact) mass is 442 g/mol. The number of hydrogen-bond acceptors (Lipinski definition) is 6. The van der Waals surface area contributed by atoms with Crippen molar-refractivity contribution in [1.29, 1.82) is 0 Å². The molecule has 3 aromatic rings. The maximum absolute atomic E-state index is 10.0. The normalized spacial score (nSPS) is 16.0. The Morgan fingerprint density at radius 3 is 2.71 bits per heavy atom. The van der Waals surface area contributed by atoms with Gasteiger partial charge in [0.15, 0.2) is 17.0 Å². The van der Waals surface area contributed by atoms with Crippen molar-refractivity contribution in [3.63, 3.8) is 0 Å². The number of benzene rings is 1. The number of fused-ring (bicyclic) bond motifs is 1. The van der Waals surface area contributed by atoms with Crippen molar-refractivity contribution >= 4 is 40.2 Å². The number of rotatable bonds is 8. The SMILES string of the molecule is CC(C)n1cnc2c(Nc3cccc(Cl)c3)nc(N[C@H](CO)CC3CCCCC3)nc21. The summed E-state index contributed by atoms with van der Waals surface area (Å²) in [4.78, 5) is 14.0. The maximum Gasteiger partial charge on any atom is 0.227 e. The molecule has 0 amide bonds. The number of nitrogens with one attached hydrogen (secondary N) is 2. The molecule has 1 atom stereocenters. The smallest absolute Gasteiger partial charge is 0.227 e. The molecule has 2 aromatic heterocycles. The summed E-state index contributed by atoms with van der Waals surface area (Å²) in [6.07, 6.45) is 9.09. The van der Waals surface area contributed by atoms with Crippen molar-refractivity contribution in [2.75, 3.05) is 17.2 Å². The van der Waals surface area contributed by atoms with Crippen molar-refractivity contribution < 1.29 is 5.11 Å². The van der Waals surface area contributed by atoms with E-state index < -0.39 is 0 Å². The highest BCUT2D eigenvalue weighted by Crippen LogP contribution is 2.30. The molecule has 0 unspecified atom stereocenters. The molecular formula is C23H31ClN6O. The molecule has 1 fully saturated rings. The molecule has 4 rings (SSSR count). The number of imidazole rings is 1. The number of halogens is 1. The zero-order valence-electron chi connectivity index (χ0n) is 18.2. The van der Waals surface area contributed by atoms with Gasteiger partial charge in [0.25, 0.3) is 0 Å². The van der Waals surface area contributed by atoms with Gasteiger partial charge in [0.1, 0.15) is 0 Å². The van der Waals surface area contributed by atoms with E-state index in [-0.39, 0.29) is 18.7 Å². The number of aliphatic hydroxyl groups excluding tert-OH is 1. The van der Waals surface area contributed by atoms with Crippen LogP contribution in [0.1, 0.15) is 58.4 Å². The number of aromatic nitrogens is 4. The Kier molecular flexibility index (Phi) is 6.92. The topological polar surface area (TPSA) is 87.9 Å². The minimum atomic E-state index is -0.0741. The quantitative estimate of drug-likeness (QED) is 0.424. The Bertz CT molecular complexity index is 1010. The maximum atomic E-state index is 10.0. The molecule has 0 spiro atoms. The Labute approximate surface area is 188 Å². The number of nitrogens with zero attached hydrogens (tertiary/aromatic N) is 4. The minimum absolute atomic E-state index is 0.0540. The lowest BCUT2D eigenvalue weighted by molar-refractivity contribution is 0.236. The fourth-order valence-electron chi connectivity index (χ4n) is 4.34. The van der Waals surface area contributed by atoms with Crippen LogP contribution in [0.4, 0.5) is 17.5 Å². The highest BCUT2D eigenvalue weighted by atomic mass is 35.5. The van der Waals surface area contributed by atoms with Crippen LogP contribution in [0, 0.1) is 5.92 Å². The first-order chi connectivity index (χ1) is 15.0. The molecule has 0 saturated heterocycles. The van der Waals surface area contributed by atoms with Crippen molar-refractivity contribution in [2.45, 2.75) is 64.5 Å². The molecule has 0 aliphatic heterocycles. The fraction of sp³-hybridized carbons (Fsp3) is 0.522. The van der Waals surface area contributed by atoms with E-state index in [1.54, 1.807) is 6.33 Å². The van der Waals surface area contributed by atoms with E-state index in [2.05, 4.69) is 29.5 Å². The molecule has 7 nitrogen and oxygen atoms in total. The van der Waals surface area contributed by atoms with Gasteiger partial charge < -0.3 is 20.3 Å². The lowest BCUT2D eigenvalue weighted by Crippen LogP contribution is -2.28. The van der Waals surface area contributed by atoms with Crippen molar-refractivity contribution in [3.8, 4) is 0 Å². The summed E-state index contributed by atoms with van der Waals surface area (Å²) < 4.78 is 2.03. The van der Waals surface area contributed by atoms with Crippen LogP contribution in [0.15, 0.2) is 30.6 Å². The average molecular weight is 443 g/mol. The summed E-state index contributed by atoms with van der Waals surface area (Å²) >= 11 is 6.15. The third-order valence-electron chi connectivity index (χ3n) is 5.96. The molecule has 166 valence electrons. The van der Waals surface area contributed by atoms with Crippen molar-refractivity contribution in [3.05, 3.63) is 35.6 Å². The van der Waals surface area contributed by atoms with Crippen LogP contribution in [-0.4, -0.2) is 37.3 Å². The van der Waals surface area contributed by atoms with Crippen molar-refractivity contribution in [2.24, 2.45) is 5.92 Å². The summed E-state index contributed by atoms with van der Waals surface area (Å²) in [5.41, 5.74) is 2.29. The van der Waals surface area contributed by atoms with Crippen LogP contribution < -0.4 is 10.6 Å². The third kappa shape index (κ3) is 5.28. The third-order valence-corrected chi connectivity index (χ3v) is 6.20. The predicted molar refractivity (Wildman–Crippen MR) is 126 cm³/mol. The van der Waals surface area contributed by atoms with E-state index in [1.807, 2.05) is 28.8 Å². The summed E-state index contributed by atoms with van der Waals surface area (Å²) in [5.74, 6) is 1.75. The van der Waals surface area contributed by atoms with E-state index in [4.69, 9.17) is 21.6 Å². The van der Waals surface area contributed by atoms with Crippen LogP contribution in [-0.2, 0) is 0 Å². The average Bonchev–Trinajstić information content (AvgIpc) is 3.19. The van der Waals surface area contributed by atoms with Gasteiger partial charge in [0.05, 0.1) is 19.0 Å². The first kappa shape index (κ1) is 21.8. The van der Waals surface area contributed by atoms with E-state index >= 15 is 0 Å². The zero-order chi connectivity index (χ0) is 21.8. The molecule has 8 heteroatoms. The van der Waals surface area contributed by atoms with Gasteiger partial charge in [-0.25, -0.2) is 4.98 Å². The highest BCUT2D eigenvalue weighted by Gasteiger charge is 2.21. The largest absolute Gasteiger partial charge is 0.394 e. The molecule has 1 saturated carbocycles. The Morgan fingerprint density at radius 2 is 2.00 bits per heavy atom. The van der Waals surface area contributed by atoms with Gasteiger partial charge in [-0.15, -0.1) is 0 Å². The van der Waals surface area contributed by atoms with Gasteiger partial charge in [-0.3, -0.25) is 0 Å². The Hall–Kier alpha value is -2.38. The second-order valence-electron chi connectivity index (χ2n) is 8.71. The molecule has 3 N–H and O–H groups in total. The lowest BCUT2D eigenvalue weighted by Gasteiger charge is -2.26. The van der Waals surface area contributed by atoms with Crippen LogP contribution in [0.3, 0.4) is 0 Å². The van der Waals surface area contributed by atoms with Gasteiger partial charge >= 0.3 is 0 Å². The van der Waals surface area contributed by atoms with E-state index in [1.165, 1.54) is 32.1 Å². The van der Waals surface area contributed by atoms with Crippen LogP contribution in [0.25, 0.3) is 11.2 Å². The second-order valence-corrected chi connectivity index (χ2v) is 9.15. The van der Waals surface area contributed by atoms with E-state index in [9.17, 15) is 5.11 Å². The summed E-state index contributed by atoms with van der Waals surface area (Å²) in [7, 11) is 0. The first-order valence-corrected chi connectivity index (χ1v) is 11.6. The highest BCUT2D eigenvalue weighted by molar-refractivity contribution is 6.30. The summed E-state index contributed by atoms with van der Waals surface area (Å²) in [6.45, 7) is 4.25. The lowest BCUT2D eigenvalue weighted by atomic mass is 9.85. The van der Waals surface area contributed by atoms with Gasteiger partial charge in [-0.2, -0.15) is 9.97 Å². The summed E-state index contributed by atoms with van der Waals surface area (Å²) in [5, 5.41) is 17.4. The predicted octanol–water partition coefficient (Wildman–Crippen LogP) is 5.55. The van der Waals surface area contributed by atoms with E-state index in [0.717, 1.165) is 17.8 Å². The van der Waals surface area contributed by atoms with Gasteiger partial charge in [0.2, 0.25) is 5.95 Å². The standard InChI is InChI=1S/C23H31ClN6O/c1-15(2)30-14-25-20-21(26-18-10-6-9-17(24)12-18)28-23(29-22(20)30)27-19(13-31)11-16-7-4-3-5-8-16/h6,9-10,12,14-16,19,31H,3-5,7-8,11,13H2,1-2H3,(H2,26,27,28,29)/t19-/m0/s1. The molecule has 0 bridgehead atoms. The van der Waals surface area contributed by atoms with Crippen LogP contribution in [0.2, 0.25) is 5.02 Å². The first-order valence-electron chi connectivity index (χ1n) is 11.2. The Morgan fingerprint density at radius 1 is 1.19 bits per heavy atom. The molecule has 1 aliphatic rings. The molecule has 0 radical (unpaired) electrons. The van der Waals surface area contributed by atoms with E-state index in [0.29, 0.717) is 28.2 Å². The molecule has 31 heavy (non-hydrogen) atoms. The number of aliphatic hydroxyl groups is 1. The second kappa shape index (κ2) is 9.83. The van der Waals surface area contributed by atoms with Crippen LogP contribution >= 0.6 is 11.6 Å². The minimum Gasteiger partial charge on any atom is -0.394 e. The van der Waals surface area contributed by atoms with Gasteiger partial charge in [0, 0.05) is 16.8 Å². The number of hydrogen-bond donors (Lipinski definition) is 3. The van der Waals surface area contributed by atoms with Crippen molar-refractivity contribution in [1.82, 2.24) is 19.5 Å². The fourth-order valence-corrected chi connectivity index (χ4v) is 4.53. The van der Waals surface area contributed by atoms with Gasteiger partial charge in [-0.05, 0) is 44.4 Å². The van der Waals surface area contributed by atoms with Gasteiger partial charge in [-0.1, -0.05) is 49.8 Å². The molecule has 2 heterocycles. The Balaban J connectivity index is 1.64. The van der Waals surface area contributed by atoms with Crippen LogP contribution in [0.5, 0.6) is 0 Å². The molecule has 1 aromatic carbocycles. The molecular weight excluding hydrogens is 412 g/mol.